The first-order chi connectivity index (χ1) is 15.1. The van der Waals surface area contributed by atoms with Crippen molar-refractivity contribution in [2.45, 2.75) is 84.1 Å². The Kier molecular flexibility index (Phi) is 8.81. The van der Waals surface area contributed by atoms with Gasteiger partial charge in [0.1, 0.15) is 17.6 Å². The molecule has 31 heavy (non-hydrogen) atoms. The second kappa shape index (κ2) is 11.8. The predicted molar refractivity (Wildman–Crippen MR) is 123 cm³/mol. The highest BCUT2D eigenvalue weighted by Gasteiger charge is 2.32. The predicted octanol–water partition coefficient (Wildman–Crippen LogP) is 6.76. The van der Waals surface area contributed by atoms with Crippen LogP contribution < -0.4 is 9.84 Å². The number of benzene rings is 2. The topological polar surface area (TPSA) is 52.6 Å². The smallest absolute Gasteiger partial charge is 0.137 e. The number of carbonyl (C=O) groups excluding carboxylic acids is 1. The van der Waals surface area contributed by atoms with Crippen LogP contribution in [0.2, 0.25) is 0 Å². The standard InChI is InChI=1S/C27H37NO3/c1-3-4-5-6-7-8-9-10-11-14-20-28(27(29)30)25-22-17-12-13-19-24(22)31-26-21(2)16-15-18-23(25)26/h12-13,15-19,25H,3-11,14,20H2,1-2H3,(H,29,30)/p-1. The van der Waals surface area contributed by atoms with Crippen LogP contribution in [0.1, 0.15) is 93.9 Å². The van der Waals surface area contributed by atoms with Gasteiger partial charge in [-0.1, -0.05) is 101 Å². The number of hydrogen-bond donors (Lipinski definition) is 0. The van der Waals surface area contributed by atoms with Gasteiger partial charge in [-0.3, -0.25) is 0 Å². The summed E-state index contributed by atoms with van der Waals surface area (Å²) in [6.45, 7) is 4.72. The molecule has 0 aliphatic carbocycles. The lowest BCUT2D eigenvalue weighted by Gasteiger charge is -2.39. The van der Waals surface area contributed by atoms with Crippen LogP contribution in [0.3, 0.4) is 0 Å². The Hall–Kier alpha value is -2.49. The van der Waals surface area contributed by atoms with Gasteiger partial charge in [0.05, 0.1) is 6.04 Å². The van der Waals surface area contributed by atoms with Crippen LogP contribution in [0.4, 0.5) is 4.79 Å². The summed E-state index contributed by atoms with van der Waals surface area (Å²) in [4.78, 5) is 13.7. The van der Waals surface area contributed by atoms with Gasteiger partial charge in [0.25, 0.3) is 0 Å². The van der Waals surface area contributed by atoms with Crippen LogP contribution in [-0.4, -0.2) is 17.5 Å². The van der Waals surface area contributed by atoms with Gasteiger partial charge in [-0.25, -0.2) is 0 Å². The highest BCUT2D eigenvalue weighted by Crippen LogP contribution is 2.46. The zero-order chi connectivity index (χ0) is 22.1. The summed E-state index contributed by atoms with van der Waals surface area (Å²) in [5.74, 6) is 1.49. The molecule has 1 heterocycles. The van der Waals surface area contributed by atoms with E-state index in [0.29, 0.717) is 6.54 Å². The van der Waals surface area contributed by atoms with Crippen LogP contribution >= 0.6 is 0 Å². The van der Waals surface area contributed by atoms with Crippen LogP contribution in [0.15, 0.2) is 42.5 Å². The van der Waals surface area contributed by atoms with E-state index in [1.807, 2.05) is 49.4 Å². The van der Waals surface area contributed by atoms with E-state index in [9.17, 15) is 9.90 Å². The molecule has 1 atom stereocenters. The van der Waals surface area contributed by atoms with Crippen molar-refractivity contribution in [2.24, 2.45) is 0 Å². The maximum atomic E-state index is 12.2. The van der Waals surface area contributed by atoms with Crippen molar-refractivity contribution < 1.29 is 14.6 Å². The molecule has 2 aromatic carbocycles. The SMILES string of the molecule is CCCCCCCCCCCCN(C(=O)[O-])C1c2ccccc2Oc2c(C)cccc21. The van der Waals surface area contributed by atoms with E-state index in [1.165, 1.54) is 49.8 Å². The molecule has 0 bridgehead atoms. The molecule has 1 aliphatic heterocycles. The maximum Gasteiger partial charge on any atom is 0.137 e. The summed E-state index contributed by atoms with van der Waals surface area (Å²) in [7, 11) is 0. The van der Waals surface area contributed by atoms with E-state index in [1.54, 1.807) is 0 Å². The summed E-state index contributed by atoms with van der Waals surface area (Å²) in [5.41, 5.74) is 2.79. The van der Waals surface area contributed by atoms with Crippen molar-refractivity contribution >= 4 is 6.09 Å². The van der Waals surface area contributed by atoms with Crippen LogP contribution in [-0.2, 0) is 0 Å². The number of nitrogens with zero attached hydrogens (tertiary/aromatic N) is 1. The normalized spacial score (nSPS) is 14.5. The lowest BCUT2D eigenvalue weighted by Crippen LogP contribution is -2.45. The molecule has 1 aliphatic rings. The number of fused-ring (bicyclic) bond motifs is 2. The Bertz CT molecular complexity index is 848. The lowest BCUT2D eigenvalue weighted by atomic mass is 9.91. The molecular weight excluding hydrogens is 386 g/mol. The third-order valence-corrected chi connectivity index (χ3v) is 6.26. The molecule has 4 heteroatoms. The average molecular weight is 423 g/mol. The Morgan fingerprint density at radius 1 is 0.871 bits per heavy atom. The van der Waals surface area contributed by atoms with Crippen LogP contribution in [0.5, 0.6) is 11.5 Å². The fraction of sp³-hybridized carbons (Fsp3) is 0.519. The fourth-order valence-corrected chi connectivity index (χ4v) is 4.54. The first-order valence-corrected chi connectivity index (χ1v) is 12.0. The molecular formula is C27H36NO3-. The Balaban J connectivity index is 1.60. The second-order valence-electron chi connectivity index (χ2n) is 8.68. The molecule has 0 N–H and O–H groups in total. The summed E-state index contributed by atoms with van der Waals surface area (Å²) < 4.78 is 6.13. The van der Waals surface area contributed by atoms with Gasteiger partial charge < -0.3 is 19.5 Å². The number of rotatable bonds is 12. The number of hydrogen-bond acceptors (Lipinski definition) is 3. The monoisotopic (exact) mass is 422 g/mol. The summed E-state index contributed by atoms with van der Waals surface area (Å²) in [6, 6.07) is 13.3. The highest BCUT2D eigenvalue weighted by molar-refractivity contribution is 5.67. The Labute approximate surface area is 187 Å². The first-order valence-electron chi connectivity index (χ1n) is 12.0. The largest absolute Gasteiger partial charge is 0.530 e. The minimum absolute atomic E-state index is 0.386. The average Bonchev–Trinajstić information content (AvgIpc) is 2.77. The number of ether oxygens (including phenoxy) is 1. The molecule has 1 amide bonds. The number of aryl methyl sites for hydroxylation is 1. The number of carbonyl (C=O) groups is 1. The second-order valence-corrected chi connectivity index (χ2v) is 8.68. The van der Waals surface area contributed by atoms with Crippen molar-refractivity contribution in [3.05, 3.63) is 59.2 Å². The number of para-hydroxylation sites is 2. The van der Waals surface area contributed by atoms with Gasteiger partial charge in [0, 0.05) is 17.7 Å². The first kappa shape index (κ1) is 23.2. The Morgan fingerprint density at radius 3 is 2.16 bits per heavy atom. The fourth-order valence-electron chi connectivity index (χ4n) is 4.54. The summed E-state index contributed by atoms with van der Waals surface area (Å²) in [6.07, 6.45) is 11.1. The van der Waals surface area contributed by atoms with Crippen molar-refractivity contribution in [1.29, 1.82) is 0 Å². The third-order valence-electron chi connectivity index (χ3n) is 6.26. The van der Waals surface area contributed by atoms with Crippen LogP contribution in [0, 0.1) is 6.92 Å². The van der Waals surface area contributed by atoms with Crippen molar-refractivity contribution in [3.8, 4) is 11.5 Å². The number of carboxylic acid groups (broad SMARTS) is 1. The van der Waals surface area contributed by atoms with E-state index in [-0.39, 0.29) is 6.04 Å². The van der Waals surface area contributed by atoms with Gasteiger partial charge in [-0.15, -0.1) is 0 Å². The number of amides is 1. The van der Waals surface area contributed by atoms with E-state index in [0.717, 1.165) is 47.5 Å². The number of unbranched alkanes of at least 4 members (excludes halogenated alkanes) is 9. The minimum Gasteiger partial charge on any atom is -0.530 e. The van der Waals surface area contributed by atoms with E-state index in [2.05, 4.69) is 6.92 Å². The molecule has 3 rings (SSSR count). The van der Waals surface area contributed by atoms with Gasteiger partial charge >= 0.3 is 0 Å². The van der Waals surface area contributed by atoms with Gasteiger partial charge in [0.2, 0.25) is 0 Å². The molecule has 4 nitrogen and oxygen atoms in total. The zero-order valence-corrected chi connectivity index (χ0v) is 19.1. The van der Waals surface area contributed by atoms with E-state index < -0.39 is 6.09 Å². The quantitative estimate of drug-likeness (QED) is 0.355. The molecule has 0 saturated carbocycles. The molecule has 0 spiro atoms. The zero-order valence-electron chi connectivity index (χ0n) is 19.1. The van der Waals surface area contributed by atoms with E-state index in [4.69, 9.17) is 4.74 Å². The summed E-state index contributed by atoms with van der Waals surface area (Å²) in [5, 5.41) is 12.2. The van der Waals surface area contributed by atoms with Crippen molar-refractivity contribution in [2.75, 3.05) is 6.54 Å². The van der Waals surface area contributed by atoms with Gasteiger partial charge in [-0.05, 0) is 25.0 Å². The van der Waals surface area contributed by atoms with Crippen molar-refractivity contribution in [3.63, 3.8) is 0 Å². The molecule has 1 unspecified atom stereocenters. The highest BCUT2D eigenvalue weighted by atomic mass is 16.5. The molecule has 0 radical (unpaired) electrons. The minimum atomic E-state index is -1.12. The third kappa shape index (κ3) is 6.03. The molecule has 0 fully saturated rings. The molecule has 0 aromatic heterocycles. The van der Waals surface area contributed by atoms with Gasteiger partial charge in [-0.2, -0.15) is 0 Å². The molecule has 0 saturated heterocycles. The maximum absolute atomic E-state index is 12.2. The van der Waals surface area contributed by atoms with Crippen molar-refractivity contribution in [1.82, 2.24) is 4.90 Å². The van der Waals surface area contributed by atoms with Gasteiger partial charge in [0.15, 0.2) is 0 Å². The molecule has 2 aromatic rings. The lowest BCUT2D eigenvalue weighted by molar-refractivity contribution is -0.267. The Morgan fingerprint density at radius 2 is 1.48 bits per heavy atom. The van der Waals surface area contributed by atoms with E-state index >= 15 is 0 Å². The van der Waals surface area contributed by atoms with Crippen LogP contribution in [0.25, 0.3) is 0 Å². The molecule has 168 valence electrons. The summed E-state index contributed by atoms with van der Waals surface area (Å²) >= 11 is 0.